The summed E-state index contributed by atoms with van der Waals surface area (Å²) in [6.45, 7) is 0.166. The van der Waals surface area contributed by atoms with E-state index in [4.69, 9.17) is 25.5 Å². The molecular formula is C18H15ClN2O4S. The molecule has 2 aromatic carbocycles. The van der Waals surface area contributed by atoms with Crippen molar-refractivity contribution < 1.29 is 18.7 Å². The smallest absolute Gasteiger partial charge is 0.277 e. The number of halogens is 1. The van der Waals surface area contributed by atoms with Crippen LogP contribution in [0.5, 0.6) is 11.5 Å². The molecule has 0 radical (unpaired) electrons. The zero-order chi connectivity index (χ0) is 18.4. The van der Waals surface area contributed by atoms with E-state index in [1.165, 1.54) is 11.8 Å². The van der Waals surface area contributed by atoms with Gasteiger partial charge < -0.3 is 13.9 Å². The molecule has 0 unspecified atom stereocenters. The van der Waals surface area contributed by atoms with Gasteiger partial charge in [0.25, 0.3) is 11.1 Å². The highest BCUT2D eigenvalue weighted by Gasteiger charge is 2.11. The van der Waals surface area contributed by atoms with Gasteiger partial charge in [0, 0.05) is 21.9 Å². The normalized spacial score (nSPS) is 10.5. The van der Waals surface area contributed by atoms with E-state index in [9.17, 15) is 4.79 Å². The zero-order valence-electron chi connectivity index (χ0n) is 13.8. The SMILES string of the molecule is COc1ccc(C=O)cc1CSc1nnc(COc2ccc(Cl)cc2)o1. The minimum atomic E-state index is 0.166. The largest absolute Gasteiger partial charge is 0.496 e. The topological polar surface area (TPSA) is 74.5 Å². The van der Waals surface area contributed by atoms with Crippen molar-refractivity contribution in [2.75, 3.05) is 7.11 Å². The van der Waals surface area contributed by atoms with Crippen molar-refractivity contribution in [3.05, 3.63) is 64.5 Å². The van der Waals surface area contributed by atoms with Gasteiger partial charge in [0.1, 0.15) is 17.8 Å². The van der Waals surface area contributed by atoms with Crippen molar-refractivity contribution in [3.63, 3.8) is 0 Å². The molecule has 0 aliphatic rings. The second-order valence-corrected chi connectivity index (χ2v) is 6.55. The number of carbonyl (C=O) groups is 1. The van der Waals surface area contributed by atoms with Crippen molar-refractivity contribution in [1.82, 2.24) is 10.2 Å². The summed E-state index contributed by atoms with van der Waals surface area (Å²) in [5.41, 5.74) is 1.46. The first-order valence-electron chi connectivity index (χ1n) is 7.63. The van der Waals surface area contributed by atoms with E-state index in [1.807, 2.05) is 0 Å². The van der Waals surface area contributed by atoms with Crippen LogP contribution in [0.25, 0.3) is 0 Å². The van der Waals surface area contributed by atoms with Crippen LogP contribution >= 0.6 is 23.4 Å². The maximum absolute atomic E-state index is 10.9. The summed E-state index contributed by atoms with van der Waals surface area (Å²) in [5, 5.41) is 9.01. The van der Waals surface area contributed by atoms with Crippen molar-refractivity contribution in [3.8, 4) is 11.5 Å². The number of nitrogens with zero attached hydrogens (tertiary/aromatic N) is 2. The second-order valence-electron chi connectivity index (χ2n) is 5.18. The lowest BCUT2D eigenvalue weighted by atomic mass is 10.1. The van der Waals surface area contributed by atoms with Crippen molar-refractivity contribution in [2.45, 2.75) is 17.6 Å². The predicted octanol–water partition coefficient (Wildman–Crippen LogP) is 4.42. The van der Waals surface area contributed by atoms with E-state index in [0.717, 1.165) is 11.8 Å². The number of ether oxygens (including phenoxy) is 2. The van der Waals surface area contributed by atoms with Crippen LogP contribution < -0.4 is 9.47 Å². The predicted molar refractivity (Wildman–Crippen MR) is 98.0 cm³/mol. The van der Waals surface area contributed by atoms with E-state index in [1.54, 1.807) is 49.6 Å². The summed E-state index contributed by atoms with van der Waals surface area (Å²) in [4.78, 5) is 10.9. The second kappa shape index (κ2) is 8.73. The molecule has 0 saturated heterocycles. The fraction of sp³-hybridized carbons (Fsp3) is 0.167. The fourth-order valence-electron chi connectivity index (χ4n) is 2.15. The Morgan fingerprint density at radius 2 is 2.00 bits per heavy atom. The summed E-state index contributed by atoms with van der Waals surface area (Å²) in [7, 11) is 1.59. The number of thioether (sulfide) groups is 1. The molecule has 0 bridgehead atoms. The van der Waals surface area contributed by atoms with Crippen LogP contribution in [-0.4, -0.2) is 23.6 Å². The quantitative estimate of drug-likeness (QED) is 0.416. The van der Waals surface area contributed by atoms with Crippen LogP contribution in [-0.2, 0) is 12.4 Å². The molecule has 0 spiro atoms. The molecule has 0 aliphatic carbocycles. The third kappa shape index (κ3) is 4.77. The highest BCUT2D eigenvalue weighted by Crippen LogP contribution is 2.28. The van der Waals surface area contributed by atoms with E-state index < -0.39 is 0 Å². The third-order valence-corrected chi connectivity index (χ3v) is 4.54. The van der Waals surface area contributed by atoms with Gasteiger partial charge in [0.05, 0.1) is 7.11 Å². The maximum atomic E-state index is 10.9. The number of aldehydes is 1. The van der Waals surface area contributed by atoms with E-state index in [0.29, 0.717) is 39.0 Å². The number of hydrogen-bond donors (Lipinski definition) is 0. The molecule has 3 aromatic rings. The lowest BCUT2D eigenvalue weighted by molar-refractivity contribution is 0.112. The molecule has 3 rings (SSSR count). The van der Waals surface area contributed by atoms with Gasteiger partial charge in [0.2, 0.25) is 0 Å². The van der Waals surface area contributed by atoms with Gasteiger partial charge in [-0.15, -0.1) is 10.2 Å². The zero-order valence-corrected chi connectivity index (χ0v) is 15.4. The molecule has 0 saturated carbocycles. The number of methoxy groups -OCH3 is 1. The molecule has 0 atom stereocenters. The Hall–Kier alpha value is -2.51. The van der Waals surface area contributed by atoms with Gasteiger partial charge in [0.15, 0.2) is 6.61 Å². The first kappa shape index (κ1) is 18.3. The number of benzene rings is 2. The summed E-state index contributed by atoms with van der Waals surface area (Å²) in [6.07, 6.45) is 0.798. The molecule has 8 heteroatoms. The average molecular weight is 391 g/mol. The van der Waals surface area contributed by atoms with Crippen molar-refractivity contribution >= 4 is 29.6 Å². The number of aromatic nitrogens is 2. The molecular weight excluding hydrogens is 376 g/mol. The number of carbonyl (C=O) groups excluding carboxylic acids is 1. The molecule has 134 valence electrons. The summed E-state index contributed by atoms with van der Waals surface area (Å²) in [6, 6.07) is 12.3. The highest BCUT2D eigenvalue weighted by molar-refractivity contribution is 7.98. The molecule has 0 aliphatic heterocycles. The number of rotatable bonds is 8. The summed E-state index contributed by atoms with van der Waals surface area (Å²) < 4.78 is 16.4. The van der Waals surface area contributed by atoms with Crippen LogP contribution in [0.4, 0.5) is 0 Å². The first-order chi connectivity index (χ1) is 12.7. The van der Waals surface area contributed by atoms with Crippen LogP contribution in [0.2, 0.25) is 5.02 Å². The Labute approximate surface area is 159 Å². The average Bonchev–Trinajstić information content (AvgIpc) is 3.13. The Morgan fingerprint density at radius 3 is 2.73 bits per heavy atom. The highest BCUT2D eigenvalue weighted by atomic mass is 35.5. The molecule has 0 fully saturated rings. The molecule has 1 heterocycles. The molecule has 0 N–H and O–H groups in total. The van der Waals surface area contributed by atoms with E-state index in [-0.39, 0.29) is 6.61 Å². The van der Waals surface area contributed by atoms with E-state index >= 15 is 0 Å². The lowest BCUT2D eigenvalue weighted by Crippen LogP contribution is -1.95. The monoisotopic (exact) mass is 390 g/mol. The Morgan fingerprint density at radius 1 is 1.19 bits per heavy atom. The van der Waals surface area contributed by atoms with Gasteiger partial charge >= 0.3 is 0 Å². The van der Waals surface area contributed by atoms with Gasteiger partial charge in [-0.2, -0.15) is 0 Å². The molecule has 0 amide bonds. The minimum Gasteiger partial charge on any atom is -0.496 e. The van der Waals surface area contributed by atoms with Gasteiger partial charge in [-0.3, -0.25) is 4.79 Å². The summed E-state index contributed by atoms with van der Waals surface area (Å²) in [5.74, 6) is 2.27. The Kier molecular flexibility index (Phi) is 6.14. The minimum absolute atomic E-state index is 0.166. The Balaban J connectivity index is 1.58. The Bertz CT molecular complexity index is 883. The molecule has 26 heavy (non-hydrogen) atoms. The van der Waals surface area contributed by atoms with E-state index in [2.05, 4.69) is 10.2 Å². The van der Waals surface area contributed by atoms with Crippen LogP contribution in [0, 0.1) is 0 Å². The molecule has 6 nitrogen and oxygen atoms in total. The number of hydrogen-bond acceptors (Lipinski definition) is 7. The van der Waals surface area contributed by atoms with Crippen LogP contribution in [0.1, 0.15) is 21.8 Å². The first-order valence-corrected chi connectivity index (χ1v) is 9.00. The van der Waals surface area contributed by atoms with Crippen LogP contribution in [0.15, 0.2) is 52.1 Å². The maximum Gasteiger partial charge on any atom is 0.277 e. The van der Waals surface area contributed by atoms with Crippen LogP contribution in [0.3, 0.4) is 0 Å². The standard InChI is InChI=1S/C18H15ClN2O4S/c1-23-16-7-2-12(9-22)8-13(16)11-26-18-21-20-17(25-18)10-24-15-5-3-14(19)4-6-15/h2-9H,10-11H2,1H3. The third-order valence-electron chi connectivity index (χ3n) is 3.42. The van der Waals surface area contributed by atoms with Gasteiger partial charge in [-0.1, -0.05) is 23.4 Å². The van der Waals surface area contributed by atoms with Crippen molar-refractivity contribution in [1.29, 1.82) is 0 Å². The fourth-order valence-corrected chi connectivity index (χ4v) is 3.04. The van der Waals surface area contributed by atoms with Gasteiger partial charge in [-0.25, -0.2) is 0 Å². The van der Waals surface area contributed by atoms with Crippen molar-refractivity contribution in [2.24, 2.45) is 0 Å². The summed E-state index contributed by atoms with van der Waals surface area (Å²) >= 11 is 7.19. The van der Waals surface area contributed by atoms with Gasteiger partial charge in [-0.05, 0) is 42.5 Å². The lowest BCUT2D eigenvalue weighted by Gasteiger charge is -2.07. The molecule has 1 aromatic heterocycles.